The van der Waals surface area contributed by atoms with Crippen LogP contribution in [0.25, 0.3) is 0 Å². The number of hydrogen-bond donors (Lipinski definition) is 1. The fourth-order valence-corrected chi connectivity index (χ4v) is 12.0. The van der Waals surface area contributed by atoms with Crippen LogP contribution in [0.4, 0.5) is 0 Å². The molecule has 0 radical (unpaired) electrons. The molecule has 0 aromatic rings. The van der Waals surface area contributed by atoms with Crippen molar-refractivity contribution in [3.63, 3.8) is 0 Å². The van der Waals surface area contributed by atoms with E-state index in [0.29, 0.717) is 17.4 Å². The summed E-state index contributed by atoms with van der Waals surface area (Å²) in [4.78, 5) is 37.7. The number of esters is 2. The van der Waals surface area contributed by atoms with Crippen molar-refractivity contribution in [3.8, 4) is 0 Å². The Balaban J connectivity index is 3.98. The average Bonchev–Trinajstić information content (AvgIpc) is 3.54. The minimum absolute atomic E-state index is 0.175. The van der Waals surface area contributed by atoms with E-state index in [1.54, 1.807) is 0 Å². The number of carboxylic acids is 1. The van der Waals surface area contributed by atoms with Crippen LogP contribution in [-0.2, 0) is 33.3 Å². The molecule has 0 rings (SSSR count). The summed E-state index contributed by atoms with van der Waals surface area (Å²) in [5.41, 5.74) is 0. The number of carboxylic acid groups (broad SMARTS) is 1. The van der Waals surface area contributed by atoms with Gasteiger partial charge in [0, 0.05) is 12.8 Å². The highest BCUT2D eigenvalue weighted by atomic mass is 16.7. The molecular weight excluding hydrogens is 1090 g/mol. The van der Waals surface area contributed by atoms with E-state index in [1.807, 2.05) is 21.1 Å². The first-order valence-corrected chi connectivity index (χ1v) is 39.0. The van der Waals surface area contributed by atoms with Gasteiger partial charge < -0.3 is 28.5 Å². The second-order valence-electron chi connectivity index (χ2n) is 28.0. The zero-order chi connectivity index (χ0) is 64.0. The number of carbonyl (C=O) groups excluding carboxylic acids is 2. The van der Waals surface area contributed by atoms with Gasteiger partial charge in [0.25, 0.3) is 6.29 Å². The molecule has 2 unspecified atom stereocenters. The minimum atomic E-state index is -1.51. The third-order valence-electron chi connectivity index (χ3n) is 18.0. The van der Waals surface area contributed by atoms with Gasteiger partial charge in [-0.2, -0.15) is 0 Å². The molecule has 0 heterocycles. The maximum absolute atomic E-state index is 13.0. The lowest BCUT2D eigenvalue weighted by Gasteiger charge is -2.25. The normalized spacial score (nSPS) is 12.7. The lowest BCUT2D eigenvalue weighted by Crippen LogP contribution is -2.40. The Hall–Kier alpha value is -2.23. The highest BCUT2D eigenvalue weighted by Gasteiger charge is 2.25. The molecule has 1 N–H and O–H groups in total. The van der Waals surface area contributed by atoms with Gasteiger partial charge in [0.1, 0.15) is 13.2 Å². The van der Waals surface area contributed by atoms with Crippen molar-refractivity contribution in [2.24, 2.45) is 0 Å². The molecule has 0 spiro atoms. The molecule has 2 atom stereocenters. The van der Waals surface area contributed by atoms with Gasteiger partial charge in [0.2, 0.25) is 0 Å². The number of allylic oxidation sites excluding steroid dienone is 4. The van der Waals surface area contributed by atoms with Gasteiger partial charge >= 0.3 is 17.9 Å². The molecule has 0 saturated carbocycles. The molecular formula is C79H152NO8+. The molecule has 0 fully saturated rings. The number of carbonyl (C=O) groups is 3. The summed E-state index contributed by atoms with van der Waals surface area (Å²) in [5, 5.41) is 9.76. The second-order valence-corrected chi connectivity index (χ2v) is 28.0. The molecule has 9 heteroatoms. The van der Waals surface area contributed by atoms with E-state index in [0.717, 1.165) is 44.9 Å². The fourth-order valence-electron chi connectivity index (χ4n) is 12.0. The van der Waals surface area contributed by atoms with Crippen molar-refractivity contribution in [1.29, 1.82) is 0 Å². The zero-order valence-electron chi connectivity index (χ0n) is 59.7. The van der Waals surface area contributed by atoms with E-state index < -0.39 is 18.4 Å². The van der Waals surface area contributed by atoms with E-state index in [-0.39, 0.29) is 38.2 Å². The monoisotopic (exact) mass is 1240 g/mol. The van der Waals surface area contributed by atoms with Gasteiger partial charge in [0.15, 0.2) is 6.10 Å². The number of likely N-dealkylation sites (N-methyl/N-ethyl adjacent to an activating group) is 1. The highest BCUT2D eigenvalue weighted by Crippen LogP contribution is 2.20. The van der Waals surface area contributed by atoms with Crippen LogP contribution in [0.2, 0.25) is 0 Å². The van der Waals surface area contributed by atoms with E-state index in [4.69, 9.17) is 18.9 Å². The third-order valence-corrected chi connectivity index (χ3v) is 18.0. The standard InChI is InChI=1S/C79H151NO8/c1-6-8-10-12-14-16-18-20-22-24-26-28-30-32-34-36-37-38-39-40-42-43-45-47-49-51-53-55-57-59-61-63-65-67-69-76(81)86-73-75(74-87-79(78(83)84)85-72-71-80(3,4)5)88-77(82)70-68-66-64-62-60-58-56-54-52-50-48-46-44-41-35-33-31-29-27-25-23-21-19-17-15-13-11-9-7-2/h19,21,25,27,75,79H,6-18,20,22-24,26,28-74H2,1-5H3/p+1/b21-19-,27-25-. The minimum Gasteiger partial charge on any atom is -0.477 e. The smallest absolute Gasteiger partial charge is 0.361 e. The summed E-state index contributed by atoms with van der Waals surface area (Å²) in [6.45, 7) is 4.95. The predicted octanol–water partition coefficient (Wildman–Crippen LogP) is 24.5. The lowest BCUT2D eigenvalue weighted by molar-refractivity contribution is -0.870. The number of unbranched alkanes of at least 4 members (excludes halogenated alkanes) is 55. The van der Waals surface area contributed by atoms with Crippen LogP contribution < -0.4 is 0 Å². The molecule has 0 aromatic carbocycles. The Morgan fingerprint density at radius 2 is 0.614 bits per heavy atom. The maximum Gasteiger partial charge on any atom is 0.361 e. The summed E-state index contributed by atoms with van der Waals surface area (Å²) < 4.78 is 23.1. The molecule has 520 valence electrons. The molecule has 9 nitrogen and oxygen atoms in total. The van der Waals surface area contributed by atoms with Gasteiger partial charge in [0.05, 0.1) is 34.4 Å². The molecule has 0 aliphatic carbocycles. The summed E-state index contributed by atoms with van der Waals surface area (Å²) in [7, 11) is 6.00. The van der Waals surface area contributed by atoms with E-state index >= 15 is 0 Å². The Labute approximate surface area is 548 Å². The molecule has 0 aromatic heterocycles. The summed E-state index contributed by atoms with van der Waals surface area (Å²) in [6.07, 6.45) is 86.2. The first-order chi connectivity index (χ1) is 43.1. The number of aliphatic carboxylic acids is 1. The Morgan fingerprint density at radius 1 is 0.341 bits per heavy atom. The maximum atomic E-state index is 13.0. The van der Waals surface area contributed by atoms with E-state index in [9.17, 15) is 19.5 Å². The Morgan fingerprint density at radius 3 is 0.898 bits per heavy atom. The van der Waals surface area contributed by atoms with Gasteiger partial charge in [-0.05, 0) is 44.9 Å². The summed E-state index contributed by atoms with van der Waals surface area (Å²) in [6, 6.07) is 0. The summed E-state index contributed by atoms with van der Waals surface area (Å²) >= 11 is 0. The first kappa shape index (κ1) is 85.8. The number of rotatable bonds is 74. The molecule has 0 aliphatic rings. The first-order valence-electron chi connectivity index (χ1n) is 39.0. The number of nitrogens with zero attached hydrogens (tertiary/aromatic N) is 1. The third kappa shape index (κ3) is 71.2. The molecule has 0 amide bonds. The second kappa shape index (κ2) is 70.6. The topological polar surface area (TPSA) is 108 Å². The van der Waals surface area contributed by atoms with Crippen molar-refractivity contribution >= 4 is 17.9 Å². The predicted molar refractivity (Wildman–Crippen MR) is 378 cm³/mol. The molecule has 88 heavy (non-hydrogen) atoms. The zero-order valence-corrected chi connectivity index (χ0v) is 59.7. The van der Waals surface area contributed by atoms with Crippen molar-refractivity contribution in [2.75, 3.05) is 47.5 Å². The van der Waals surface area contributed by atoms with Crippen LogP contribution >= 0.6 is 0 Å². The molecule has 0 aliphatic heterocycles. The Bertz CT molecular complexity index is 1490. The van der Waals surface area contributed by atoms with Crippen molar-refractivity contribution < 1.29 is 42.9 Å². The van der Waals surface area contributed by atoms with E-state index in [2.05, 4.69) is 38.2 Å². The van der Waals surface area contributed by atoms with Crippen LogP contribution in [0.1, 0.15) is 406 Å². The van der Waals surface area contributed by atoms with Crippen LogP contribution in [0.3, 0.4) is 0 Å². The van der Waals surface area contributed by atoms with Crippen molar-refractivity contribution in [1.82, 2.24) is 0 Å². The van der Waals surface area contributed by atoms with Crippen LogP contribution in [-0.4, -0.2) is 87.4 Å². The van der Waals surface area contributed by atoms with Crippen LogP contribution in [0.5, 0.6) is 0 Å². The van der Waals surface area contributed by atoms with Crippen LogP contribution in [0.15, 0.2) is 24.3 Å². The van der Waals surface area contributed by atoms with E-state index in [1.165, 1.54) is 334 Å². The Kier molecular flexibility index (Phi) is 68.8. The number of quaternary nitrogens is 1. The summed E-state index contributed by atoms with van der Waals surface area (Å²) in [5.74, 6) is -1.97. The largest absolute Gasteiger partial charge is 0.477 e. The SMILES string of the molecule is CCCCCCC/C=C\C/C=C\CCCCCCCCCCCCCCCCCCCC(=O)OC(COC(=O)CCCCCCCCCCCCCCCCCCCCCCCCCCCCCCCCCCCC)COC(OCC[N+](C)(C)C)C(=O)O. The van der Waals surface area contributed by atoms with Gasteiger partial charge in [-0.15, -0.1) is 0 Å². The van der Waals surface area contributed by atoms with Gasteiger partial charge in [-0.3, -0.25) is 9.59 Å². The van der Waals surface area contributed by atoms with Crippen molar-refractivity contribution in [3.05, 3.63) is 24.3 Å². The number of hydrogen-bond acceptors (Lipinski definition) is 7. The average molecular weight is 1240 g/mol. The van der Waals surface area contributed by atoms with Gasteiger partial charge in [-0.1, -0.05) is 372 Å². The molecule has 0 saturated heterocycles. The quantitative estimate of drug-likeness (QED) is 0.0211. The van der Waals surface area contributed by atoms with Gasteiger partial charge in [-0.25, -0.2) is 4.79 Å². The van der Waals surface area contributed by atoms with Crippen LogP contribution in [0, 0.1) is 0 Å². The van der Waals surface area contributed by atoms with Crippen molar-refractivity contribution in [2.45, 2.75) is 418 Å². The fraction of sp³-hybridized carbons (Fsp3) is 0.911. The number of ether oxygens (including phenoxy) is 4. The molecule has 0 bridgehead atoms. The lowest BCUT2D eigenvalue weighted by atomic mass is 10.0. The highest BCUT2D eigenvalue weighted by molar-refractivity contribution is 5.71.